The Kier molecular flexibility index (Phi) is 4.85. The van der Waals surface area contributed by atoms with E-state index in [1.165, 1.54) is 19.6 Å². The van der Waals surface area contributed by atoms with Crippen LogP contribution in [0.5, 0.6) is 0 Å². The highest BCUT2D eigenvalue weighted by molar-refractivity contribution is 4.80. The first-order valence-corrected chi connectivity index (χ1v) is 5.55. The van der Waals surface area contributed by atoms with Crippen molar-refractivity contribution in [1.29, 1.82) is 0 Å². The number of piperazine rings is 1. The van der Waals surface area contributed by atoms with E-state index in [1.807, 2.05) is 0 Å². The molecule has 0 unspecified atom stereocenters. The molecular formula is C11H24N2O. The van der Waals surface area contributed by atoms with E-state index in [2.05, 4.69) is 30.7 Å². The Labute approximate surface area is 88.0 Å². The summed E-state index contributed by atoms with van der Waals surface area (Å²) in [5.74, 6) is 0.748. The molecule has 84 valence electrons. The van der Waals surface area contributed by atoms with E-state index in [-0.39, 0.29) is 0 Å². The van der Waals surface area contributed by atoms with Crippen molar-refractivity contribution >= 4 is 0 Å². The molecule has 0 aliphatic carbocycles. The van der Waals surface area contributed by atoms with Crippen molar-refractivity contribution in [3.05, 3.63) is 0 Å². The lowest BCUT2D eigenvalue weighted by molar-refractivity contribution is 0.0280. The molecule has 14 heavy (non-hydrogen) atoms. The second-order valence-corrected chi connectivity index (χ2v) is 4.76. The molecule has 0 spiro atoms. The molecule has 3 heteroatoms. The van der Waals surface area contributed by atoms with E-state index in [4.69, 9.17) is 4.74 Å². The van der Waals surface area contributed by atoms with Crippen molar-refractivity contribution in [2.75, 3.05) is 46.9 Å². The average Bonchev–Trinajstić information content (AvgIpc) is 2.09. The molecule has 1 heterocycles. The lowest BCUT2D eigenvalue weighted by Crippen LogP contribution is -2.54. The zero-order chi connectivity index (χ0) is 10.6. The molecule has 0 saturated carbocycles. The third-order valence-corrected chi connectivity index (χ3v) is 2.77. The quantitative estimate of drug-likeness (QED) is 0.671. The molecule has 0 radical (unpaired) electrons. The van der Waals surface area contributed by atoms with Crippen molar-refractivity contribution in [2.24, 2.45) is 5.92 Å². The van der Waals surface area contributed by atoms with Gasteiger partial charge in [0.2, 0.25) is 0 Å². The number of likely N-dealkylation sites (N-methyl/N-ethyl adjacent to an activating group) is 1. The second kappa shape index (κ2) is 5.69. The molecule has 1 aliphatic rings. The summed E-state index contributed by atoms with van der Waals surface area (Å²) in [5.41, 5.74) is 0. The van der Waals surface area contributed by atoms with E-state index in [0.29, 0.717) is 6.04 Å². The Balaban J connectivity index is 2.44. The minimum Gasteiger partial charge on any atom is -0.383 e. The van der Waals surface area contributed by atoms with Crippen LogP contribution < -0.4 is 0 Å². The van der Waals surface area contributed by atoms with Gasteiger partial charge >= 0.3 is 0 Å². The smallest absolute Gasteiger partial charge is 0.0630 e. The standard InChI is InChI=1S/C11H24N2O/c1-10(2)7-13-6-5-12(3)8-11(13)9-14-4/h10-11H,5-9H2,1-4H3/t11-/m1/s1. The van der Waals surface area contributed by atoms with Crippen LogP contribution in [0.1, 0.15) is 13.8 Å². The number of ether oxygens (including phenoxy) is 1. The zero-order valence-corrected chi connectivity index (χ0v) is 9.99. The van der Waals surface area contributed by atoms with Gasteiger partial charge in [-0.15, -0.1) is 0 Å². The number of methoxy groups -OCH3 is 1. The fourth-order valence-corrected chi connectivity index (χ4v) is 2.11. The molecule has 0 aromatic rings. The topological polar surface area (TPSA) is 15.7 Å². The molecule has 1 aliphatic heterocycles. The highest BCUT2D eigenvalue weighted by atomic mass is 16.5. The van der Waals surface area contributed by atoms with Crippen LogP contribution in [0.3, 0.4) is 0 Å². The molecule has 1 atom stereocenters. The summed E-state index contributed by atoms with van der Waals surface area (Å²) < 4.78 is 5.27. The van der Waals surface area contributed by atoms with Crippen LogP contribution in [0.25, 0.3) is 0 Å². The van der Waals surface area contributed by atoms with E-state index >= 15 is 0 Å². The fourth-order valence-electron chi connectivity index (χ4n) is 2.11. The maximum atomic E-state index is 5.27. The number of rotatable bonds is 4. The van der Waals surface area contributed by atoms with Gasteiger partial charge in [-0.2, -0.15) is 0 Å². The minimum atomic E-state index is 0.584. The van der Waals surface area contributed by atoms with Gasteiger partial charge in [-0.1, -0.05) is 13.8 Å². The third kappa shape index (κ3) is 3.56. The molecular weight excluding hydrogens is 176 g/mol. The summed E-state index contributed by atoms with van der Waals surface area (Å²) in [7, 11) is 3.98. The Hall–Kier alpha value is -0.120. The van der Waals surface area contributed by atoms with Crippen molar-refractivity contribution in [3.8, 4) is 0 Å². The van der Waals surface area contributed by atoms with Crippen LogP contribution >= 0.6 is 0 Å². The van der Waals surface area contributed by atoms with Gasteiger partial charge in [-0.25, -0.2) is 0 Å². The van der Waals surface area contributed by atoms with Crippen LogP contribution in [0, 0.1) is 5.92 Å². The normalized spacial score (nSPS) is 25.9. The van der Waals surface area contributed by atoms with E-state index < -0.39 is 0 Å². The van der Waals surface area contributed by atoms with Gasteiger partial charge in [-0.3, -0.25) is 4.90 Å². The SMILES string of the molecule is COC[C@H]1CN(C)CCN1CC(C)C. The van der Waals surface area contributed by atoms with Gasteiger partial charge in [0.15, 0.2) is 0 Å². The van der Waals surface area contributed by atoms with Gasteiger partial charge in [0.1, 0.15) is 0 Å². The van der Waals surface area contributed by atoms with E-state index in [9.17, 15) is 0 Å². The van der Waals surface area contributed by atoms with Gasteiger partial charge in [0.25, 0.3) is 0 Å². The highest BCUT2D eigenvalue weighted by Crippen LogP contribution is 2.11. The van der Waals surface area contributed by atoms with Gasteiger partial charge in [0, 0.05) is 39.3 Å². The van der Waals surface area contributed by atoms with Gasteiger partial charge in [-0.05, 0) is 13.0 Å². The second-order valence-electron chi connectivity index (χ2n) is 4.76. The fraction of sp³-hybridized carbons (Fsp3) is 1.00. The Bertz CT molecular complexity index is 159. The Morgan fingerprint density at radius 2 is 2.07 bits per heavy atom. The molecule has 3 nitrogen and oxygen atoms in total. The Morgan fingerprint density at radius 1 is 1.36 bits per heavy atom. The first-order valence-electron chi connectivity index (χ1n) is 5.55. The number of nitrogens with zero attached hydrogens (tertiary/aromatic N) is 2. The summed E-state index contributed by atoms with van der Waals surface area (Å²) in [6.07, 6.45) is 0. The predicted octanol–water partition coefficient (Wildman–Crippen LogP) is 0.905. The number of hydrogen-bond acceptors (Lipinski definition) is 3. The monoisotopic (exact) mass is 200 g/mol. The van der Waals surface area contributed by atoms with Crippen LogP contribution in [0.4, 0.5) is 0 Å². The van der Waals surface area contributed by atoms with Crippen LogP contribution in [-0.2, 0) is 4.74 Å². The van der Waals surface area contributed by atoms with Crippen LogP contribution in [-0.4, -0.2) is 62.8 Å². The maximum absolute atomic E-state index is 5.27. The van der Waals surface area contributed by atoms with Crippen LogP contribution in [0.2, 0.25) is 0 Å². The predicted molar refractivity (Wildman–Crippen MR) is 59.6 cm³/mol. The van der Waals surface area contributed by atoms with Crippen molar-refractivity contribution in [1.82, 2.24) is 9.80 Å². The third-order valence-electron chi connectivity index (χ3n) is 2.77. The maximum Gasteiger partial charge on any atom is 0.0630 e. The molecule has 0 bridgehead atoms. The summed E-state index contributed by atoms with van der Waals surface area (Å²) in [6, 6.07) is 0.584. The molecule has 1 saturated heterocycles. The summed E-state index contributed by atoms with van der Waals surface area (Å²) >= 11 is 0. The van der Waals surface area contributed by atoms with Crippen LogP contribution in [0.15, 0.2) is 0 Å². The molecule has 0 aromatic carbocycles. The van der Waals surface area contributed by atoms with E-state index in [0.717, 1.165) is 19.1 Å². The summed E-state index contributed by atoms with van der Waals surface area (Å²) in [5, 5.41) is 0. The molecule has 0 amide bonds. The average molecular weight is 200 g/mol. The Morgan fingerprint density at radius 3 is 2.64 bits per heavy atom. The lowest BCUT2D eigenvalue weighted by Gasteiger charge is -2.40. The number of hydrogen-bond donors (Lipinski definition) is 0. The summed E-state index contributed by atoms with van der Waals surface area (Å²) in [4.78, 5) is 4.95. The largest absolute Gasteiger partial charge is 0.383 e. The molecule has 1 rings (SSSR count). The van der Waals surface area contributed by atoms with Crippen molar-refractivity contribution in [2.45, 2.75) is 19.9 Å². The molecule has 1 fully saturated rings. The van der Waals surface area contributed by atoms with Crippen molar-refractivity contribution < 1.29 is 4.74 Å². The van der Waals surface area contributed by atoms with E-state index in [1.54, 1.807) is 7.11 Å². The highest BCUT2D eigenvalue weighted by Gasteiger charge is 2.25. The lowest BCUT2D eigenvalue weighted by atomic mass is 10.1. The first-order chi connectivity index (χ1) is 6.63. The first kappa shape index (κ1) is 12.0. The summed E-state index contributed by atoms with van der Waals surface area (Å²) in [6.45, 7) is 10.1. The zero-order valence-electron chi connectivity index (χ0n) is 9.99. The molecule has 0 aromatic heterocycles. The minimum absolute atomic E-state index is 0.584. The molecule has 0 N–H and O–H groups in total. The van der Waals surface area contributed by atoms with Crippen molar-refractivity contribution in [3.63, 3.8) is 0 Å². The van der Waals surface area contributed by atoms with Gasteiger partial charge in [0.05, 0.1) is 6.61 Å². The van der Waals surface area contributed by atoms with Gasteiger partial charge < -0.3 is 9.64 Å².